The molecule has 0 spiro atoms. The molecule has 0 bridgehead atoms. The normalized spacial score (nSPS) is 15.7. The van der Waals surface area contributed by atoms with Gasteiger partial charge in [-0.3, -0.25) is 9.59 Å². The van der Waals surface area contributed by atoms with E-state index in [-0.39, 0.29) is 34.9 Å². The van der Waals surface area contributed by atoms with Crippen molar-refractivity contribution in [1.82, 2.24) is 0 Å². The average molecular weight is 429 g/mol. The van der Waals surface area contributed by atoms with E-state index < -0.39 is 9.84 Å². The molecule has 160 valence electrons. The summed E-state index contributed by atoms with van der Waals surface area (Å²) >= 11 is 0. The highest BCUT2D eigenvalue weighted by Gasteiger charge is 2.31. The predicted molar refractivity (Wildman–Crippen MR) is 119 cm³/mol. The molecule has 0 aromatic heterocycles. The summed E-state index contributed by atoms with van der Waals surface area (Å²) in [6, 6.07) is 10.5. The third kappa shape index (κ3) is 4.41. The highest BCUT2D eigenvalue weighted by atomic mass is 32.2. The van der Waals surface area contributed by atoms with Crippen LogP contribution in [0.2, 0.25) is 0 Å². The molecule has 1 N–H and O–H groups in total. The number of benzene rings is 2. The molecule has 1 aliphatic heterocycles. The zero-order chi connectivity index (χ0) is 22.1. The predicted octanol–water partition coefficient (Wildman–Crippen LogP) is 3.79. The molecule has 0 saturated carbocycles. The molecule has 7 heteroatoms. The lowest BCUT2D eigenvalue weighted by molar-refractivity contribution is -0.118. The van der Waals surface area contributed by atoms with Crippen molar-refractivity contribution in [2.75, 3.05) is 16.0 Å². The quantitative estimate of drug-likeness (QED) is 0.759. The number of anilines is 2. The molecular formula is C23H28N2O4S. The lowest BCUT2D eigenvalue weighted by Gasteiger charge is -2.22. The molecular weight excluding hydrogens is 400 g/mol. The van der Waals surface area contributed by atoms with Gasteiger partial charge in [-0.2, -0.15) is 0 Å². The second-order valence-corrected chi connectivity index (χ2v) is 9.93. The molecule has 2 amide bonds. The fourth-order valence-electron chi connectivity index (χ4n) is 3.80. The van der Waals surface area contributed by atoms with Crippen LogP contribution in [0.4, 0.5) is 11.4 Å². The Labute approximate surface area is 178 Å². The summed E-state index contributed by atoms with van der Waals surface area (Å²) in [4.78, 5) is 26.5. The Hall–Kier alpha value is -2.67. The summed E-state index contributed by atoms with van der Waals surface area (Å²) in [6.07, 6.45) is 0.903. The first-order valence-electron chi connectivity index (χ1n) is 10.2. The molecule has 3 rings (SSSR count). The first kappa shape index (κ1) is 22.0. The maximum atomic E-state index is 12.8. The Morgan fingerprint density at radius 1 is 1.17 bits per heavy atom. The van der Waals surface area contributed by atoms with Gasteiger partial charge in [-0.25, -0.2) is 8.42 Å². The topological polar surface area (TPSA) is 83.6 Å². The average Bonchev–Trinajstić information content (AvgIpc) is 3.04. The van der Waals surface area contributed by atoms with Crippen LogP contribution in [-0.4, -0.2) is 32.0 Å². The van der Waals surface area contributed by atoms with Crippen LogP contribution in [0.15, 0.2) is 41.3 Å². The van der Waals surface area contributed by atoms with E-state index in [1.165, 1.54) is 6.07 Å². The number of carbonyl (C=O) groups excluding carboxylic acids is 2. The van der Waals surface area contributed by atoms with E-state index in [2.05, 4.69) is 5.32 Å². The third-order valence-electron chi connectivity index (χ3n) is 5.67. The van der Waals surface area contributed by atoms with Gasteiger partial charge in [-0.15, -0.1) is 0 Å². The van der Waals surface area contributed by atoms with Crippen molar-refractivity contribution in [2.24, 2.45) is 0 Å². The summed E-state index contributed by atoms with van der Waals surface area (Å²) < 4.78 is 25.6. The zero-order valence-electron chi connectivity index (χ0n) is 17.9. The Morgan fingerprint density at radius 2 is 1.90 bits per heavy atom. The second kappa shape index (κ2) is 8.60. The van der Waals surface area contributed by atoms with Crippen LogP contribution in [0.3, 0.4) is 0 Å². The maximum Gasteiger partial charge on any atom is 0.226 e. The van der Waals surface area contributed by atoms with Crippen molar-refractivity contribution in [3.63, 3.8) is 0 Å². The van der Waals surface area contributed by atoms with Gasteiger partial charge in [0.15, 0.2) is 9.84 Å². The van der Waals surface area contributed by atoms with Gasteiger partial charge in [-0.05, 0) is 68.1 Å². The van der Waals surface area contributed by atoms with E-state index in [0.29, 0.717) is 18.5 Å². The summed E-state index contributed by atoms with van der Waals surface area (Å²) in [5, 5.41) is 2.80. The third-order valence-corrected chi connectivity index (χ3v) is 7.39. The number of carbonyl (C=O) groups is 2. The lowest BCUT2D eigenvalue weighted by Crippen LogP contribution is -2.35. The van der Waals surface area contributed by atoms with Crippen LogP contribution >= 0.6 is 0 Å². The summed E-state index contributed by atoms with van der Waals surface area (Å²) in [6.45, 7) is 7.65. The Morgan fingerprint density at radius 3 is 2.60 bits per heavy atom. The molecule has 0 saturated heterocycles. The van der Waals surface area contributed by atoms with E-state index in [1.54, 1.807) is 23.1 Å². The van der Waals surface area contributed by atoms with Gasteiger partial charge < -0.3 is 10.2 Å². The number of hydrogen-bond acceptors (Lipinski definition) is 4. The molecule has 0 fully saturated rings. The van der Waals surface area contributed by atoms with E-state index in [1.807, 2.05) is 39.8 Å². The first-order chi connectivity index (χ1) is 14.1. The smallest absolute Gasteiger partial charge is 0.226 e. The largest absolute Gasteiger partial charge is 0.326 e. The van der Waals surface area contributed by atoms with Crippen molar-refractivity contribution in [3.8, 4) is 0 Å². The molecule has 1 heterocycles. The minimum absolute atomic E-state index is 0.00810. The van der Waals surface area contributed by atoms with Gasteiger partial charge in [0.2, 0.25) is 11.8 Å². The number of nitrogens with zero attached hydrogens (tertiary/aromatic N) is 1. The fourth-order valence-corrected chi connectivity index (χ4v) is 5.08. The van der Waals surface area contributed by atoms with E-state index in [9.17, 15) is 18.0 Å². The maximum absolute atomic E-state index is 12.8. The van der Waals surface area contributed by atoms with Crippen molar-refractivity contribution in [1.29, 1.82) is 0 Å². The fraction of sp³-hybridized carbons (Fsp3) is 0.391. The number of aryl methyl sites for hydroxylation is 1. The SMILES string of the molecule is CCC(=O)N1c2ccc(S(=O)(=O)CCC(=O)Nc3cccc(C)c3C)cc2CC1C. The van der Waals surface area contributed by atoms with Crippen LogP contribution in [0, 0.1) is 13.8 Å². The molecule has 0 aliphatic carbocycles. The summed E-state index contributed by atoms with van der Waals surface area (Å²) in [7, 11) is -3.61. The molecule has 2 aromatic carbocycles. The number of amides is 2. The summed E-state index contributed by atoms with van der Waals surface area (Å²) in [5.74, 6) is -0.572. The number of fused-ring (bicyclic) bond motifs is 1. The molecule has 6 nitrogen and oxygen atoms in total. The number of nitrogens with one attached hydrogen (secondary N) is 1. The minimum Gasteiger partial charge on any atom is -0.326 e. The number of rotatable bonds is 6. The Bertz CT molecular complexity index is 1090. The van der Waals surface area contributed by atoms with Crippen LogP contribution in [0.1, 0.15) is 43.4 Å². The van der Waals surface area contributed by atoms with E-state index in [4.69, 9.17) is 0 Å². The molecule has 0 radical (unpaired) electrons. The van der Waals surface area contributed by atoms with E-state index in [0.717, 1.165) is 22.4 Å². The monoisotopic (exact) mass is 428 g/mol. The van der Waals surface area contributed by atoms with Gasteiger partial charge in [0.25, 0.3) is 0 Å². The van der Waals surface area contributed by atoms with Crippen LogP contribution in [0.5, 0.6) is 0 Å². The van der Waals surface area contributed by atoms with Gasteiger partial charge in [0.1, 0.15) is 0 Å². The highest BCUT2D eigenvalue weighted by Crippen LogP contribution is 2.34. The van der Waals surface area contributed by atoms with Crippen LogP contribution in [-0.2, 0) is 25.8 Å². The van der Waals surface area contributed by atoms with Gasteiger partial charge >= 0.3 is 0 Å². The molecule has 30 heavy (non-hydrogen) atoms. The number of sulfone groups is 1. The highest BCUT2D eigenvalue weighted by molar-refractivity contribution is 7.91. The number of hydrogen-bond donors (Lipinski definition) is 1. The second-order valence-electron chi connectivity index (χ2n) is 7.83. The first-order valence-corrected chi connectivity index (χ1v) is 11.8. The standard InChI is InChI=1S/C23H28N2O4S/c1-5-23(27)25-16(3)13-18-14-19(9-10-21(18)25)30(28,29)12-11-22(26)24-20-8-6-7-15(2)17(20)4/h6-10,14,16H,5,11-13H2,1-4H3,(H,24,26). The minimum atomic E-state index is -3.61. The lowest BCUT2D eigenvalue weighted by atomic mass is 10.1. The van der Waals surface area contributed by atoms with Crippen LogP contribution < -0.4 is 10.2 Å². The molecule has 2 aromatic rings. The molecule has 1 atom stereocenters. The van der Waals surface area contributed by atoms with Crippen LogP contribution in [0.25, 0.3) is 0 Å². The zero-order valence-corrected chi connectivity index (χ0v) is 18.7. The molecule has 1 unspecified atom stereocenters. The van der Waals surface area contributed by atoms with Crippen molar-refractivity contribution < 1.29 is 18.0 Å². The summed E-state index contributed by atoms with van der Waals surface area (Å²) in [5.41, 5.74) is 4.35. The van der Waals surface area contributed by atoms with Crippen molar-refractivity contribution in [3.05, 3.63) is 53.1 Å². The van der Waals surface area contributed by atoms with Crippen molar-refractivity contribution in [2.45, 2.75) is 57.9 Å². The molecule has 1 aliphatic rings. The van der Waals surface area contributed by atoms with E-state index >= 15 is 0 Å². The van der Waals surface area contributed by atoms with Gasteiger partial charge in [-0.1, -0.05) is 19.1 Å². The van der Waals surface area contributed by atoms with Crippen molar-refractivity contribution >= 4 is 33.0 Å². The Balaban J connectivity index is 1.71. The van der Waals surface area contributed by atoms with Gasteiger partial charge in [0, 0.05) is 30.3 Å². The van der Waals surface area contributed by atoms with Gasteiger partial charge in [0.05, 0.1) is 10.6 Å². The Kier molecular flexibility index (Phi) is 6.31.